The lowest BCUT2D eigenvalue weighted by atomic mass is 9.90. The molecule has 1 fully saturated rings. The number of hydrogen-bond acceptors (Lipinski definition) is 3. The van der Waals surface area contributed by atoms with Crippen LogP contribution in [0.3, 0.4) is 0 Å². The van der Waals surface area contributed by atoms with Crippen molar-refractivity contribution in [2.45, 2.75) is 18.9 Å². The maximum absolute atomic E-state index is 10.3. The number of aliphatic hydroxyl groups is 1. The number of rotatable bonds is 1. The Morgan fingerprint density at radius 1 is 1.50 bits per heavy atom. The lowest BCUT2D eigenvalue weighted by Crippen LogP contribution is -2.29. The molecule has 4 N–H and O–H groups in total. The van der Waals surface area contributed by atoms with Gasteiger partial charge in [-0.3, -0.25) is 0 Å². The highest BCUT2D eigenvalue weighted by atomic mass is 16.3. The topological polar surface area (TPSA) is 58.3 Å². The molecule has 14 heavy (non-hydrogen) atoms. The summed E-state index contributed by atoms with van der Waals surface area (Å²) < 4.78 is 0. The SMILES string of the molecule is Cc1cccc(C2(O)CCNC2)c1N. The van der Waals surface area contributed by atoms with Crippen LogP contribution in [-0.4, -0.2) is 18.2 Å². The second-order valence-corrected chi connectivity index (χ2v) is 3.99. The largest absolute Gasteiger partial charge is 0.398 e. The fourth-order valence-corrected chi connectivity index (χ4v) is 2.00. The van der Waals surface area contributed by atoms with Crippen LogP contribution < -0.4 is 11.1 Å². The molecule has 76 valence electrons. The lowest BCUT2D eigenvalue weighted by Gasteiger charge is -2.24. The Bertz CT molecular complexity index is 343. The highest BCUT2D eigenvalue weighted by Gasteiger charge is 2.34. The summed E-state index contributed by atoms with van der Waals surface area (Å²) in [6.45, 7) is 3.41. The zero-order chi connectivity index (χ0) is 10.2. The fraction of sp³-hybridized carbons (Fsp3) is 0.455. The van der Waals surface area contributed by atoms with Crippen LogP contribution in [0.15, 0.2) is 18.2 Å². The van der Waals surface area contributed by atoms with Crippen LogP contribution in [0.25, 0.3) is 0 Å². The van der Waals surface area contributed by atoms with Crippen LogP contribution in [0, 0.1) is 6.92 Å². The van der Waals surface area contributed by atoms with Gasteiger partial charge in [0, 0.05) is 17.8 Å². The number of aryl methyl sites for hydroxylation is 1. The predicted octanol–water partition coefficient (Wildman–Crippen LogP) is 0.758. The molecule has 1 atom stereocenters. The minimum Gasteiger partial charge on any atom is -0.398 e. The molecule has 1 heterocycles. The Morgan fingerprint density at radius 2 is 2.29 bits per heavy atom. The average Bonchev–Trinajstić information content (AvgIpc) is 2.58. The van der Waals surface area contributed by atoms with E-state index in [1.54, 1.807) is 0 Å². The number of para-hydroxylation sites is 1. The second kappa shape index (κ2) is 3.26. The molecule has 1 aromatic carbocycles. The summed E-state index contributed by atoms with van der Waals surface area (Å²) >= 11 is 0. The van der Waals surface area contributed by atoms with Gasteiger partial charge in [-0.25, -0.2) is 0 Å². The maximum atomic E-state index is 10.3. The molecular formula is C11H16N2O. The van der Waals surface area contributed by atoms with Gasteiger partial charge in [-0.05, 0) is 25.5 Å². The minimum atomic E-state index is -0.768. The third kappa shape index (κ3) is 1.38. The van der Waals surface area contributed by atoms with E-state index in [1.165, 1.54) is 0 Å². The van der Waals surface area contributed by atoms with E-state index in [1.807, 2.05) is 25.1 Å². The average molecular weight is 192 g/mol. The summed E-state index contributed by atoms with van der Waals surface area (Å²) in [4.78, 5) is 0. The van der Waals surface area contributed by atoms with Crippen LogP contribution in [0.5, 0.6) is 0 Å². The zero-order valence-electron chi connectivity index (χ0n) is 8.38. The standard InChI is InChI=1S/C11H16N2O/c1-8-3-2-4-9(10(8)12)11(14)5-6-13-7-11/h2-4,13-14H,5-7,12H2,1H3. The van der Waals surface area contributed by atoms with Gasteiger partial charge in [-0.2, -0.15) is 0 Å². The number of nitrogens with one attached hydrogen (secondary N) is 1. The molecule has 0 saturated carbocycles. The van der Waals surface area contributed by atoms with E-state index in [9.17, 15) is 5.11 Å². The number of hydrogen-bond donors (Lipinski definition) is 3. The summed E-state index contributed by atoms with van der Waals surface area (Å²) in [5.41, 5.74) is 7.81. The van der Waals surface area contributed by atoms with Crippen molar-refractivity contribution < 1.29 is 5.11 Å². The van der Waals surface area contributed by atoms with Gasteiger partial charge < -0.3 is 16.2 Å². The summed E-state index contributed by atoms with van der Waals surface area (Å²) in [7, 11) is 0. The first kappa shape index (κ1) is 9.49. The Hall–Kier alpha value is -1.06. The van der Waals surface area contributed by atoms with Gasteiger partial charge in [0.05, 0.1) is 0 Å². The minimum absolute atomic E-state index is 0.598. The molecule has 0 aliphatic carbocycles. The number of benzene rings is 1. The lowest BCUT2D eigenvalue weighted by molar-refractivity contribution is 0.0595. The van der Waals surface area contributed by atoms with Crippen molar-refractivity contribution in [3.63, 3.8) is 0 Å². The molecule has 3 nitrogen and oxygen atoms in total. The molecule has 0 spiro atoms. The molecule has 3 heteroatoms. The van der Waals surface area contributed by atoms with Crippen molar-refractivity contribution in [1.29, 1.82) is 0 Å². The Kier molecular flexibility index (Phi) is 2.21. The highest BCUT2D eigenvalue weighted by Crippen LogP contribution is 2.32. The monoisotopic (exact) mass is 192 g/mol. The number of nitrogens with two attached hydrogens (primary N) is 1. The predicted molar refractivity (Wildman–Crippen MR) is 57.0 cm³/mol. The summed E-state index contributed by atoms with van der Waals surface area (Å²) in [5.74, 6) is 0. The normalized spacial score (nSPS) is 26.7. The highest BCUT2D eigenvalue weighted by molar-refractivity contribution is 5.56. The third-order valence-corrected chi connectivity index (χ3v) is 2.96. The van der Waals surface area contributed by atoms with Gasteiger partial charge in [0.1, 0.15) is 5.60 Å². The van der Waals surface area contributed by atoms with E-state index in [-0.39, 0.29) is 0 Å². The number of nitrogen functional groups attached to an aromatic ring is 1. The van der Waals surface area contributed by atoms with E-state index >= 15 is 0 Å². The molecule has 0 aromatic heterocycles. The van der Waals surface area contributed by atoms with Crippen LogP contribution in [0.1, 0.15) is 17.5 Å². The molecule has 1 aliphatic rings. The molecule has 1 aliphatic heterocycles. The smallest absolute Gasteiger partial charge is 0.105 e. The van der Waals surface area contributed by atoms with Crippen molar-refractivity contribution in [1.82, 2.24) is 5.32 Å². The summed E-state index contributed by atoms with van der Waals surface area (Å²) in [5, 5.41) is 13.5. The molecule has 1 saturated heterocycles. The second-order valence-electron chi connectivity index (χ2n) is 3.99. The molecular weight excluding hydrogens is 176 g/mol. The Labute approximate surface area is 83.9 Å². The van der Waals surface area contributed by atoms with Crippen LogP contribution >= 0.6 is 0 Å². The maximum Gasteiger partial charge on any atom is 0.105 e. The van der Waals surface area contributed by atoms with E-state index in [0.29, 0.717) is 6.54 Å². The summed E-state index contributed by atoms with van der Waals surface area (Å²) in [6.07, 6.45) is 0.737. The van der Waals surface area contributed by atoms with Crippen LogP contribution in [0.2, 0.25) is 0 Å². The first-order valence-electron chi connectivity index (χ1n) is 4.92. The molecule has 1 unspecified atom stereocenters. The Morgan fingerprint density at radius 3 is 2.93 bits per heavy atom. The van der Waals surface area contributed by atoms with E-state index in [0.717, 1.165) is 29.8 Å². The molecule has 1 aromatic rings. The van der Waals surface area contributed by atoms with Crippen LogP contribution in [0.4, 0.5) is 5.69 Å². The fourth-order valence-electron chi connectivity index (χ4n) is 2.00. The van der Waals surface area contributed by atoms with Gasteiger partial charge in [-0.1, -0.05) is 18.2 Å². The van der Waals surface area contributed by atoms with E-state index in [4.69, 9.17) is 5.73 Å². The van der Waals surface area contributed by atoms with Crippen molar-refractivity contribution in [2.24, 2.45) is 0 Å². The molecule has 0 amide bonds. The quantitative estimate of drug-likeness (QED) is 0.576. The van der Waals surface area contributed by atoms with Crippen molar-refractivity contribution in [3.05, 3.63) is 29.3 Å². The van der Waals surface area contributed by atoms with Crippen LogP contribution in [-0.2, 0) is 5.60 Å². The van der Waals surface area contributed by atoms with Gasteiger partial charge >= 0.3 is 0 Å². The van der Waals surface area contributed by atoms with E-state index < -0.39 is 5.60 Å². The van der Waals surface area contributed by atoms with Gasteiger partial charge in [-0.15, -0.1) is 0 Å². The van der Waals surface area contributed by atoms with Gasteiger partial charge in [0.25, 0.3) is 0 Å². The van der Waals surface area contributed by atoms with Gasteiger partial charge in [0.2, 0.25) is 0 Å². The molecule has 0 radical (unpaired) electrons. The van der Waals surface area contributed by atoms with E-state index in [2.05, 4.69) is 5.32 Å². The van der Waals surface area contributed by atoms with Crippen molar-refractivity contribution in [3.8, 4) is 0 Å². The number of β-amino-alcohol motifs (C(OH)–C–C–N with tert-alkyl or cyclic N) is 1. The van der Waals surface area contributed by atoms with Crippen molar-refractivity contribution >= 4 is 5.69 Å². The first-order chi connectivity index (χ1) is 6.63. The Balaban J connectivity index is 2.45. The molecule has 0 bridgehead atoms. The summed E-state index contributed by atoms with van der Waals surface area (Å²) in [6, 6.07) is 5.82. The third-order valence-electron chi connectivity index (χ3n) is 2.96. The van der Waals surface area contributed by atoms with Gasteiger partial charge in [0.15, 0.2) is 0 Å². The number of anilines is 1. The van der Waals surface area contributed by atoms with Crippen molar-refractivity contribution in [2.75, 3.05) is 18.8 Å². The molecule has 2 rings (SSSR count). The first-order valence-corrected chi connectivity index (χ1v) is 4.92. The zero-order valence-corrected chi connectivity index (χ0v) is 8.38.